The standard InChI is InChI=1S/C22H22FN3O6S/c1-30-9-3-8-25-21(27)17(24-22(25)33)11-14-4-7-19(31-2)15(10-14)13-32-20-12-16(23)5-6-18(20)26(28)29/h4-7,10-12H,3,8-9,13H2,1-2H3,(H,24,33)/b17-11+. The molecule has 1 heterocycles. The predicted octanol–water partition coefficient (Wildman–Crippen LogP) is 3.42. The number of nitro groups is 1. The Bertz CT molecular complexity index is 1110. The van der Waals surface area contributed by atoms with Crippen molar-refractivity contribution in [3.8, 4) is 11.5 Å². The monoisotopic (exact) mass is 475 g/mol. The summed E-state index contributed by atoms with van der Waals surface area (Å²) >= 11 is 5.25. The molecule has 1 aliphatic rings. The molecule has 1 saturated heterocycles. The van der Waals surface area contributed by atoms with Gasteiger partial charge in [-0.15, -0.1) is 0 Å². The number of hydrogen-bond acceptors (Lipinski definition) is 7. The van der Waals surface area contributed by atoms with Crippen LogP contribution in [0.1, 0.15) is 17.5 Å². The molecular weight excluding hydrogens is 453 g/mol. The largest absolute Gasteiger partial charge is 0.496 e. The zero-order valence-electron chi connectivity index (χ0n) is 18.0. The van der Waals surface area contributed by atoms with Crippen LogP contribution in [-0.2, 0) is 16.1 Å². The zero-order valence-corrected chi connectivity index (χ0v) is 18.8. The molecule has 33 heavy (non-hydrogen) atoms. The van der Waals surface area contributed by atoms with Gasteiger partial charge < -0.3 is 19.5 Å². The van der Waals surface area contributed by atoms with Crippen LogP contribution in [0.25, 0.3) is 6.08 Å². The summed E-state index contributed by atoms with van der Waals surface area (Å²) in [7, 11) is 3.06. The average Bonchev–Trinajstić information content (AvgIpc) is 3.05. The van der Waals surface area contributed by atoms with Crippen molar-refractivity contribution in [2.75, 3.05) is 27.4 Å². The maximum Gasteiger partial charge on any atom is 0.311 e. The maximum atomic E-state index is 13.6. The van der Waals surface area contributed by atoms with Crippen LogP contribution in [0.4, 0.5) is 10.1 Å². The quantitative estimate of drug-likeness (QED) is 0.183. The Hall–Kier alpha value is -3.57. The molecule has 174 valence electrons. The van der Waals surface area contributed by atoms with E-state index in [0.717, 1.165) is 18.2 Å². The summed E-state index contributed by atoms with van der Waals surface area (Å²) in [5.41, 5.74) is 1.17. The summed E-state index contributed by atoms with van der Waals surface area (Å²) < 4.78 is 29.5. The lowest BCUT2D eigenvalue weighted by Crippen LogP contribution is -2.32. The molecule has 3 rings (SSSR count). The van der Waals surface area contributed by atoms with Crippen LogP contribution in [-0.4, -0.2) is 48.2 Å². The highest BCUT2D eigenvalue weighted by atomic mass is 32.1. The van der Waals surface area contributed by atoms with Crippen molar-refractivity contribution in [1.29, 1.82) is 0 Å². The van der Waals surface area contributed by atoms with Crippen LogP contribution in [0.5, 0.6) is 11.5 Å². The Balaban J connectivity index is 1.81. The number of thiocarbonyl (C=S) groups is 1. The van der Waals surface area contributed by atoms with Crippen molar-refractivity contribution in [3.05, 3.63) is 69.2 Å². The number of carbonyl (C=O) groups excluding carboxylic acids is 1. The summed E-state index contributed by atoms with van der Waals surface area (Å²) in [5.74, 6) is -0.632. The highest BCUT2D eigenvalue weighted by Gasteiger charge is 2.30. The van der Waals surface area contributed by atoms with Gasteiger partial charge in [0.2, 0.25) is 0 Å². The summed E-state index contributed by atoms with van der Waals surface area (Å²) in [4.78, 5) is 24.7. The van der Waals surface area contributed by atoms with Gasteiger partial charge in [0.05, 0.1) is 12.0 Å². The van der Waals surface area contributed by atoms with Gasteiger partial charge in [-0.05, 0) is 48.5 Å². The van der Waals surface area contributed by atoms with Crippen molar-refractivity contribution in [1.82, 2.24) is 10.2 Å². The molecule has 0 atom stereocenters. The first-order valence-corrected chi connectivity index (χ1v) is 10.3. The van der Waals surface area contributed by atoms with E-state index in [1.165, 1.54) is 12.0 Å². The maximum absolute atomic E-state index is 13.6. The smallest absolute Gasteiger partial charge is 0.311 e. The first kappa shape index (κ1) is 24.1. The number of nitrogens with zero attached hydrogens (tertiary/aromatic N) is 2. The molecule has 1 N–H and O–H groups in total. The number of nitrogens with one attached hydrogen (secondary N) is 1. The van der Waals surface area contributed by atoms with Gasteiger partial charge in [-0.1, -0.05) is 6.07 Å². The van der Waals surface area contributed by atoms with Gasteiger partial charge in [-0.3, -0.25) is 19.8 Å². The molecule has 2 aromatic rings. The molecule has 0 unspecified atom stereocenters. The third-order valence-corrected chi connectivity index (χ3v) is 5.13. The van der Waals surface area contributed by atoms with Gasteiger partial charge in [0.15, 0.2) is 10.9 Å². The van der Waals surface area contributed by atoms with Crippen LogP contribution in [0.2, 0.25) is 0 Å². The number of amides is 1. The topological polar surface area (TPSA) is 103 Å². The molecule has 9 nitrogen and oxygen atoms in total. The van der Waals surface area contributed by atoms with E-state index in [1.807, 2.05) is 0 Å². The Morgan fingerprint density at radius 1 is 1.21 bits per heavy atom. The van der Waals surface area contributed by atoms with Crippen molar-refractivity contribution in [2.24, 2.45) is 0 Å². The molecule has 0 spiro atoms. The first-order valence-electron chi connectivity index (χ1n) is 9.91. The number of ether oxygens (including phenoxy) is 3. The minimum absolute atomic E-state index is 0.118. The third kappa shape index (κ3) is 5.82. The molecular formula is C22H22FN3O6S. The molecule has 0 saturated carbocycles. The fraction of sp³-hybridized carbons (Fsp3) is 0.273. The van der Waals surface area contributed by atoms with Gasteiger partial charge in [-0.2, -0.15) is 0 Å². The van der Waals surface area contributed by atoms with E-state index in [-0.39, 0.29) is 24.0 Å². The molecule has 0 bridgehead atoms. The first-order chi connectivity index (χ1) is 15.8. The highest BCUT2D eigenvalue weighted by Crippen LogP contribution is 2.30. The minimum Gasteiger partial charge on any atom is -0.496 e. The van der Waals surface area contributed by atoms with E-state index < -0.39 is 10.7 Å². The molecule has 1 aliphatic heterocycles. The number of nitro benzene ring substituents is 1. The number of carbonyl (C=O) groups is 1. The number of halogens is 1. The fourth-order valence-electron chi connectivity index (χ4n) is 3.22. The summed E-state index contributed by atoms with van der Waals surface area (Å²) in [6.07, 6.45) is 2.28. The number of rotatable bonds is 10. The SMILES string of the molecule is COCCCN1C(=O)/C(=C\c2ccc(OC)c(COc3cc(F)ccc3[N+](=O)[O-])c2)NC1=S. The van der Waals surface area contributed by atoms with Crippen LogP contribution in [0, 0.1) is 15.9 Å². The fourth-order valence-corrected chi connectivity index (χ4v) is 3.50. The average molecular weight is 475 g/mol. The molecule has 0 radical (unpaired) electrons. The molecule has 1 amide bonds. The van der Waals surface area contributed by atoms with E-state index >= 15 is 0 Å². The molecule has 2 aromatic carbocycles. The molecule has 0 aliphatic carbocycles. The van der Waals surface area contributed by atoms with E-state index in [0.29, 0.717) is 47.3 Å². The van der Waals surface area contributed by atoms with E-state index in [9.17, 15) is 19.3 Å². The van der Waals surface area contributed by atoms with Crippen molar-refractivity contribution in [3.63, 3.8) is 0 Å². The summed E-state index contributed by atoms with van der Waals surface area (Å²) in [6.45, 7) is 0.828. The lowest BCUT2D eigenvalue weighted by atomic mass is 10.1. The van der Waals surface area contributed by atoms with Gasteiger partial charge >= 0.3 is 5.69 Å². The summed E-state index contributed by atoms with van der Waals surface area (Å²) in [5, 5.41) is 14.4. The van der Waals surface area contributed by atoms with Crippen LogP contribution < -0.4 is 14.8 Å². The normalized spacial score (nSPS) is 14.5. The molecule has 0 aromatic heterocycles. The molecule has 11 heteroatoms. The number of hydrogen-bond donors (Lipinski definition) is 1. The van der Waals surface area contributed by atoms with Gasteiger partial charge in [0.1, 0.15) is 23.9 Å². The van der Waals surface area contributed by atoms with E-state index in [1.54, 1.807) is 31.4 Å². The minimum atomic E-state index is -0.655. The third-order valence-electron chi connectivity index (χ3n) is 4.81. The second-order valence-corrected chi connectivity index (χ2v) is 7.41. The van der Waals surface area contributed by atoms with Gasteiger partial charge in [0, 0.05) is 38.0 Å². The Morgan fingerprint density at radius 3 is 2.70 bits per heavy atom. The van der Waals surface area contributed by atoms with Crippen molar-refractivity contribution >= 4 is 35.0 Å². The lowest BCUT2D eigenvalue weighted by Gasteiger charge is -2.13. The van der Waals surface area contributed by atoms with Crippen LogP contribution >= 0.6 is 12.2 Å². The highest BCUT2D eigenvalue weighted by molar-refractivity contribution is 7.80. The second kappa shape index (κ2) is 10.8. The van der Waals surface area contributed by atoms with Crippen LogP contribution in [0.3, 0.4) is 0 Å². The van der Waals surface area contributed by atoms with Crippen molar-refractivity contribution in [2.45, 2.75) is 13.0 Å². The number of benzene rings is 2. The molecule has 1 fully saturated rings. The Morgan fingerprint density at radius 2 is 2.00 bits per heavy atom. The van der Waals surface area contributed by atoms with Crippen molar-refractivity contribution < 1.29 is 28.3 Å². The van der Waals surface area contributed by atoms with Crippen LogP contribution in [0.15, 0.2) is 42.1 Å². The predicted molar refractivity (Wildman–Crippen MR) is 122 cm³/mol. The van der Waals surface area contributed by atoms with E-state index in [4.69, 9.17) is 26.4 Å². The van der Waals surface area contributed by atoms with Gasteiger partial charge in [-0.25, -0.2) is 4.39 Å². The number of methoxy groups -OCH3 is 2. The Labute approximate surface area is 194 Å². The second-order valence-electron chi connectivity index (χ2n) is 7.02. The lowest BCUT2D eigenvalue weighted by molar-refractivity contribution is -0.386. The Kier molecular flexibility index (Phi) is 7.91. The zero-order chi connectivity index (χ0) is 24.0. The van der Waals surface area contributed by atoms with Gasteiger partial charge in [0.25, 0.3) is 5.91 Å². The van der Waals surface area contributed by atoms with E-state index in [2.05, 4.69) is 5.32 Å². The summed E-state index contributed by atoms with van der Waals surface area (Å²) in [6, 6.07) is 8.12.